The van der Waals surface area contributed by atoms with E-state index in [4.69, 9.17) is 0 Å². The van der Waals surface area contributed by atoms with Crippen LogP contribution in [0.15, 0.2) is 18.2 Å². The normalized spacial score (nSPS) is 18.3. The SMILES string of the molecule is Cc1ccc2nnc(C3CCN(c4cc5c(nn4)CCCC5)CC3)n2n1. The van der Waals surface area contributed by atoms with Gasteiger partial charge in [0.15, 0.2) is 17.3 Å². The lowest BCUT2D eigenvalue weighted by molar-refractivity contribution is 0.473. The third-order valence-electron chi connectivity index (χ3n) is 5.66. The zero-order valence-corrected chi connectivity index (χ0v) is 15.1. The molecule has 7 heteroatoms. The first-order valence-electron chi connectivity index (χ1n) is 9.57. The van der Waals surface area contributed by atoms with Crippen LogP contribution in [0.1, 0.15) is 54.4 Å². The van der Waals surface area contributed by atoms with Crippen molar-refractivity contribution in [2.45, 2.75) is 51.4 Å². The number of hydrogen-bond donors (Lipinski definition) is 0. The molecule has 0 saturated carbocycles. The van der Waals surface area contributed by atoms with E-state index >= 15 is 0 Å². The number of hydrogen-bond acceptors (Lipinski definition) is 6. The smallest absolute Gasteiger partial charge is 0.177 e. The summed E-state index contributed by atoms with van der Waals surface area (Å²) in [5.41, 5.74) is 4.41. The molecule has 7 nitrogen and oxygen atoms in total. The van der Waals surface area contributed by atoms with Gasteiger partial charge in [0.2, 0.25) is 0 Å². The Morgan fingerprint density at radius 2 is 1.81 bits per heavy atom. The Labute approximate surface area is 152 Å². The molecule has 0 bridgehead atoms. The highest BCUT2D eigenvalue weighted by Crippen LogP contribution is 2.30. The Balaban J connectivity index is 1.33. The van der Waals surface area contributed by atoms with Crippen LogP contribution in [0, 0.1) is 6.92 Å². The number of fused-ring (bicyclic) bond motifs is 2. The molecule has 0 radical (unpaired) electrons. The van der Waals surface area contributed by atoms with Gasteiger partial charge in [-0.05, 0) is 69.2 Å². The van der Waals surface area contributed by atoms with Crippen molar-refractivity contribution in [2.75, 3.05) is 18.0 Å². The standard InChI is InChI=1S/C19H23N7/c1-13-6-7-17-21-23-19(26(17)24-13)14-8-10-25(11-9-14)18-12-15-4-2-3-5-16(15)20-22-18/h6-7,12,14H,2-5,8-11H2,1H3. The van der Waals surface area contributed by atoms with Crippen molar-refractivity contribution in [3.05, 3.63) is 41.0 Å². The van der Waals surface area contributed by atoms with Crippen LogP contribution in [0.25, 0.3) is 5.65 Å². The summed E-state index contributed by atoms with van der Waals surface area (Å²) in [4.78, 5) is 2.36. The Hall–Kier alpha value is -2.57. The van der Waals surface area contributed by atoms with Crippen LogP contribution in [0.3, 0.4) is 0 Å². The average molecular weight is 349 g/mol. The fourth-order valence-electron chi connectivity index (χ4n) is 4.15. The maximum absolute atomic E-state index is 4.59. The van der Waals surface area contributed by atoms with Crippen LogP contribution in [0.4, 0.5) is 5.82 Å². The molecule has 3 aromatic heterocycles. The van der Waals surface area contributed by atoms with E-state index in [1.54, 1.807) is 0 Å². The van der Waals surface area contributed by atoms with Gasteiger partial charge in [0.25, 0.3) is 0 Å². The van der Waals surface area contributed by atoms with E-state index in [0.29, 0.717) is 5.92 Å². The monoisotopic (exact) mass is 349 g/mol. The van der Waals surface area contributed by atoms with Crippen LogP contribution in [0.5, 0.6) is 0 Å². The minimum Gasteiger partial charge on any atom is -0.355 e. The molecular formula is C19H23N7. The summed E-state index contributed by atoms with van der Waals surface area (Å²) in [6.07, 6.45) is 6.81. The van der Waals surface area contributed by atoms with Crippen molar-refractivity contribution in [1.82, 2.24) is 30.0 Å². The first-order chi connectivity index (χ1) is 12.8. The van der Waals surface area contributed by atoms with Crippen molar-refractivity contribution in [3.63, 3.8) is 0 Å². The van der Waals surface area contributed by atoms with Gasteiger partial charge in [-0.2, -0.15) is 14.7 Å². The van der Waals surface area contributed by atoms with Gasteiger partial charge in [0.05, 0.1) is 11.4 Å². The third-order valence-corrected chi connectivity index (χ3v) is 5.66. The number of aryl methyl sites for hydroxylation is 3. The zero-order chi connectivity index (χ0) is 17.5. The minimum atomic E-state index is 0.390. The predicted octanol–water partition coefficient (Wildman–Crippen LogP) is 2.49. The summed E-state index contributed by atoms with van der Waals surface area (Å²) in [6, 6.07) is 6.22. The second-order valence-electron chi connectivity index (χ2n) is 7.45. The largest absolute Gasteiger partial charge is 0.355 e. The zero-order valence-electron chi connectivity index (χ0n) is 15.1. The van der Waals surface area contributed by atoms with Crippen molar-refractivity contribution in [3.8, 4) is 0 Å². The molecule has 1 aliphatic heterocycles. The van der Waals surface area contributed by atoms with Gasteiger partial charge >= 0.3 is 0 Å². The van der Waals surface area contributed by atoms with Gasteiger partial charge in [-0.25, -0.2) is 0 Å². The number of piperidine rings is 1. The molecule has 4 heterocycles. The van der Waals surface area contributed by atoms with Gasteiger partial charge < -0.3 is 4.90 Å². The molecule has 0 amide bonds. The molecule has 0 atom stereocenters. The summed E-state index contributed by atoms with van der Waals surface area (Å²) in [7, 11) is 0. The first-order valence-corrected chi connectivity index (χ1v) is 9.57. The van der Waals surface area contributed by atoms with E-state index in [0.717, 1.165) is 61.8 Å². The lowest BCUT2D eigenvalue weighted by Crippen LogP contribution is -2.34. The molecule has 2 aliphatic rings. The second-order valence-corrected chi connectivity index (χ2v) is 7.45. The molecule has 1 saturated heterocycles. The highest BCUT2D eigenvalue weighted by atomic mass is 15.4. The molecule has 0 unspecified atom stereocenters. The van der Waals surface area contributed by atoms with Gasteiger partial charge in [0, 0.05) is 19.0 Å². The third kappa shape index (κ3) is 2.71. The molecule has 0 N–H and O–H groups in total. The fraction of sp³-hybridized carbons (Fsp3) is 0.526. The van der Waals surface area contributed by atoms with Gasteiger partial charge in [0.1, 0.15) is 0 Å². The number of aromatic nitrogens is 6. The molecule has 1 aliphatic carbocycles. The van der Waals surface area contributed by atoms with Crippen LogP contribution in [-0.4, -0.2) is 43.1 Å². The first kappa shape index (κ1) is 15.7. The molecule has 3 aromatic rings. The summed E-state index contributed by atoms with van der Waals surface area (Å²) in [5, 5.41) is 22.3. The van der Waals surface area contributed by atoms with Crippen molar-refractivity contribution in [2.24, 2.45) is 0 Å². The average Bonchev–Trinajstić information content (AvgIpc) is 3.11. The Morgan fingerprint density at radius 1 is 0.962 bits per heavy atom. The lowest BCUT2D eigenvalue weighted by Gasteiger charge is -2.32. The highest BCUT2D eigenvalue weighted by molar-refractivity contribution is 5.43. The van der Waals surface area contributed by atoms with Crippen molar-refractivity contribution in [1.29, 1.82) is 0 Å². The Kier molecular flexibility index (Phi) is 3.80. The molecule has 1 fully saturated rings. The molecule has 0 aromatic carbocycles. The maximum atomic E-state index is 4.59. The van der Waals surface area contributed by atoms with E-state index in [9.17, 15) is 0 Å². The van der Waals surface area contributed by atoms with E-state index < -0.39 is 0 Å². The van der Waals surface area contributed by atoms with Crippen LogP contribution in [-0.2, 0) is 12.8 Å². The van der Waals surface area contributed by atoms with E-state index in [-0.39, 0.29) is 0 Å². The van der Waals surface area contributed by atoms with Gasteiger partial charge in [-0.15, -0.1) is 15.3 Å². The van der Waals surface area contributed by atoms with Crippen LogP contribution >= 0.6 is 0 Å². The van der Waals surface area contributed by atoms with Crippen molar-refractivity contribution >= 4 is 11.5 Å². The summed E-state index contributed by atoms with van der Waals surface area (Å²) >= 11 is 0. The van der Waals surface area contributed by atoms with Crippen molar-refractivity contribution < 1.29 is 0 Å². The number of anilines is 1. The molecule has 26 heavy (non-hydrogen) atoms. The van der Waals surface area contributed by atoms with E-state index in [1.165, 1.54) is 24.1 Å². The topological polar surface area (TPSA) is 72.1 Å². The maximum Gasteiger partial charge on any atom is 0.177 e. The van der Waals surface area contributed by atoms with Gasteiger partial charge in [-0.3, -0.25) is 0 Å². The number of nitrogens with zero attached hydrogens (tertiary/aromatic N) is 7. The Bertz CT molecular complexity index is 940. The molecule has 0 spiro atoms. The van der Waals surface area contributed by atoms with E-state index in [1.807, 2.05) is 23.6 Å². The molecular weight excluding hydrogens is 326 g/mol. The quantitative estimate of drug-likeness (QED) is 0.708. The van der Waals surface area contributed by atoms with Crippen LogP contribution in [0.2, 0.25) is 0 Å². The molecule has 134 valence electrons. The lowest BCUT2D eigenvalue weighted by atomic mass is 9.95. The summed E-state index contributed by atoms with van der Waals surface area (Å²) < 4.78 is 1.91. The predicted molar refractivity (Wildman–Crippen MR) is 98.4 cm³/mol. The van der Waals surface area contributed by atoms with E-state index in [2.05, 4.69) is 36.5 Å². The minimum absolute atomic E-state index is 0.390. The Morgan fingerprint density at radius 3 is 2.69 bits per heavy atom. The fourth-order valence-corrected chi connectivity index (χ4v) is 4.15. The number of rotatable bonds is 2. The second kappa shape index (κ2) is 6.30. The van der Waals surface area contributed by atoms with Crippen LogP contribution < -0.4 is 4.90 Å². The highest BCUT2D eigenvalue weighted by Gasteiger charge is 2.26. The summed E-state index contributed by atoms with van der Waals surface area (Å²) in [6.45, 7) is 3.94. The van der Waals surface area contributed by atoms with Gasteiger partial charge in [-0.1, -0.05) is 0 Å². The molecule has 5 rings (SSSR count). The summed E-state index contributed by atoms with van der Waals surface area (Å²) in [5.74, 6) is 2.41.